The van der Waals surface area contributed by atoms with Crippen molar-refractivity contribution >= 4 is 38.7 Å². The molecular weight excluding hydrogens is 500 g/mol. The Morgan fingerprint density at radius 2 is 1.97 bits per heavy atom. The van der Waals surface area contributed by atoms with Gasteiger partial charge in [-0.3, -0.25) is 0 Å². The Morgan fingerprint density at radius 1 is 1.19 bits per heavy atom. The third kappa shape index (κ3) is 5.82. The van der Waals surface area contributed by atoms with E-state index in [2.05, 4.69) is 25.5 Å². The van der Waals surface area contributed by atoms with Gasteiger partial charge in [-0.2, -0.15) is 0 Å². The first-order valence-corrected chi connectivity index (χ1v) is 14.4. The van der Waals surface area contributed by atoms with Crippen molar-refractivity contribution in [3.05, 3.63) is 47.1 Å². The van der Waals surface area contributed by atoms with E-state index >= 15 is 0 Å². The zero-order valence-electron chi connectivity index (χ0n) is 20.1. The first-order chi connectivity index (χ1) is 17.3. The van der Waals surface area contributed by atoms with Crippen LogP contribution in [0.2, 0.25) is 0 Å². The second-order valence-corrected chi connectivity index (χ2v) is 12.1. The molecule has 0 unspecified atom stereocenters. The summed E-state index contributed by atoms with van der Waals surface area (Å²) in [6, 6.07) is 9.06. The number of carbonyl (C=O) groups is 1. The highest BCUT2D eigenvalue weighted by Gasteiger charge is 2.25. The van der Waals surface area contributed by atoms with Gasteiger partial charge in [0.05, 0.1) is 30.7 Å². The summed E-state index contributed by atoms with van der Waals surface area (Å²) in [5, 5.41) is 7.44. The third-order valence-corrected chi connectivity index (χ3v) is 9.04. The number of hydrogen-bond donors (Lipinski definition) is 2. The molecule has 1 aliphatic heterocycles. The van der Waals surface area contributed by atoms with Crippen molar-refractivity contribution < 1.29 is 17.9 Å². The number of urea groups is 1. The normalized spacial score (nSPS) is 18.2. The fourth-order valence-corrected chi connectivity index (χ4v) is 6.29. The first kappa shape index (κ1) is 24.6. The Balaban J connectivity index is 1.44. The maximum absolute atomic E-state index is 13.1. The van der Waals surface area contributed by atoms with E-state index in [1.165, 1.54) is 0 Å². The Hall–Kier alpha value is -3.09. The zero-order chi connectivity index (χ0) is 25.3. The Bertz CT molecular complexity index is 1360. The monoisotopic (exact) mass is 528 g/mol. The minimum Gasteiger partial charge on any atom is -0.377 e. The number of ether oxygens (including phenoxy) is 1. The SMILES string of the molecule is Cc1csc(S(=O)(=O)Cc2cc(N3CCOC[C@@H]3C)nc(-c3ccc(NC(=O)NC4CC4)cc3)n2)n1. The number of carbonyl (C=O) groups excluding carboxylic acids is 1. The molecule has 1 saturated carbocycles. The molecule has 2 aliphatic rings. The van der Waals surface area contributed by atoms with Crippen molar-refractivity contribution in [3.8, 4) is 11.4 Å². The number of hydrogen-bond acceptors (Lipinski definition) is 9. The van der Waals surface area contributed by atoms with E-state index in [-0.39, 0.29) is 28.2 Å². The summed E-state index contributed by atoms with van der Waals surface area (Å²) in [6.07, 6.45) is 2.03. The average Bonchev–Trinajstić information content (AvgIpc) is 3.54. The predicted octanol–water partition coefficient (Wildman–Crippen LogP) is 3.39. The lowest BCUT2D eigenvalue weighted by Crippen LogP contribution is -2.44. The van der Waals surface area contributed by atoms with E-state index < -0.39 is 9.84 Å². The number of nitrogens with zero attached hydrogens (tertiary/aromatic N) is 4. The van der Waals surface area contributed by atoms with Crippen molar-refractivity contribution in [2.45, 2.75) is 48.9 Å². The van der Waals surface area contributed by atoms with Gasteiger partial charge in [0, 0.05) is 41.0 Å². The highest BCUT2D eigenvalue weighted by Crippen LogP contribution is 2.27. The van der Waals surface area contributed by atoms with Crippen molar-refractivity contribution in [1.82, 2.24) is 20.3 Å². The second kappa shape index (κ2) is 10.1. The molecule has 12 heteroatoms. The number of aryl methyl sites for hydroxylation is 1. The Morgan fingerprint density at radius 3 is 2.64 bits per heavy atom. The summed E-state index contributed by atoms with van der Waals surface area (Å²) in [5.74, 6) is 0.797. The number of benzene rings is 1. The Labute approximate surface area is 214 Å². The van der Waals surface area contributed by atoms with Crippen LogP contribution in [0.3, 0.4) is 0 Å². The molecule has 2 N–H and O–H groups in total. The minimum atomic E-state index is -3.66. The van der Waals surface area contributed by atoms with E-state index in [1.807, 2.05) is 19.1 Å². The van der Waals surface area contributed by atoms with E-state index in [1.54, 1.807) is 30.5 Å². The fraction of sp³-hybridized carbons (Fsp3) is 0.417. The molecule has 5 rings (SSSR count). The van der Waals surface area contributed by atoms with Crippen LogP contribution in [0.1, 0.15) is 31.2 Å². The fourth-order valence-electron chi connectivity index (χ4n) is 3.92. The molecule has 36 heavy (non-hydrogen) atoms. The molecule has 0 bridgehead atoms. The van der Waals surface area contributed by atoms with Crippen molar-refractivity contribution in [1.29, 1.82) is 0 Å². The molecule has 1 aromatic carbocycles. The van der Waals surface area contributed by atoms with Gasteiger partial charge in [-0.05, 0) is 51.0 Å². The van der Waals surface area contributed by atoms with Gasteiger partial charge < -0.3 is 20.3 Å². The average molecular weight is 529 g/mol. The molecule has 1 atom stereocenters. The van der Waals surface area contributed by atoms with Gasteiger partial charge >= 0.3 is 6.03 Å². The van der Waals surface area contributed by atoms with Crippen molar-refractivity contribution in [2.75, 3.05) is 30.0 Å². The summed E-state index contributed by atoms with van der Waals surface area (Å²) in [7, 11) is -3.66. The van der Waals surface area contributed by atoms with Crippen LogP contribution in [0.4, 0.5) is 16.3 Å². The van der Waals surface area contributed by atoms with Crippen molar-refractivity contribution in [2.24, 2.45) is 0 Å². The lowest BCUT2D eigenvalue weighted by atomic mass is 10.2. The van der Waals surface area contributed by atoms with E-state index in [0.717, 1.165) is 29.7 Å². The van der Waals surface area contributed by atoms with Gasteiger partial charge in [0.15, 0.2) is 5.82 Å². The van der Waals surface area contributed by atoms with Crippen LogP contribution in [-0.4, -0.2) is 61.2 Å². The molecule has 2 aromatic heterocycles. The number of morpholine rings is 1. The summed E-state index contributed by atoms with van der Waals surface area (Å²) < 4.78 is 31.8. The number of thiazole rings is 1. The minimum absolute atomic E-state index is 0.0846. The zero-order valence-corrected chi connectivity index (χ0v) is 21.7. The third-order valence-electron chi connectivity index (χ3n) is 5.94. The molecule has 1 aliphatic carbocycles. The second-order valence-electron chi connectivity index (χ2n) is 9.12. The molecule has 0 radical (unpaired) electrons. The van der Waals surface area contributed by atoms with E-state index in [4.69, 9.17) is 9.72 Å². The quantitative estimate of drug-likeness (QED) is 0.478. The number of aromatic nitrogens is 3. The van der Waals surface area contributed by atoms with Gasteiger partial charge in [0.1, 0.15) is 5.82 Å². The van der Waals surface area contributed by atoms with Crippen molar-refractivity contribution in [3.63, 3.8) is 0 Å². The van der Waals surface area contributed by atoms with Gasteiger partial charge in [-0.15, -0.1) is 11.3 Å². The maximum atomic E-state index is 13.1. The Kier molecular flexibility index (Phi) is 6.91. The maximum Gasteiger partial charge on any atom is 0.319 e. The first-order valence-electron chi connectivity index (χ1n) is 11.8. The highest BCUT2D eigenvalue weighted by molar-refractivity contribution is 7.92. The molecule has 2 amide bonds. The van der Waals surface area contributed by atoms with Crippen LogP contribution in [0.15, 0.2) is 40.1 Å². The number of anilines is 2. The summed E-state index contributed by atoms with van der Waals surface area (Å²) in [5.41, 5.74) is 2.43. The summed E-state index contributed by atoms with van der Waals surface area (Å²) in [4.78, 5) is 27.7. The highest BCUT2D eigenvalue weighted by atomic mass is 32.2. The van der Waals surface area contributed by atoms with Gasteiger partial charge in [-0.1, -0.05) is 0 Å². The van der Waals surface area contributed by atoms with Crippen LogP contribution in [0.5, 0.6) is 0 Å². The molecule has 3 aromatic rings. The van der Waals surface area contributed by atoms with Crippen LogP contribution >= 0.6 is 11.3 Å². The molecule has 2 fully saturated rings. The van der Waals surface area contributed by atoms with E-state index in [9.17, 15) is 13.2 Å². The number of sulfone groups is 1. The molecular formula is C24H28N6O4S2. The molecule has 3 heterocycles. The molecule has 10 nitrogen and oxygen atoms in total. The van der Waals surface area contributed by atoms with Crippen LogP contribution in [-0.2, 0) is 20.3 Å². The van der Waals surface area contributed by atoms with Crippen LogP contribution < -0.4 is 15.5 Å². The number of rotatable bonds is 7. The van der Waals surface area contributed by atoms with Crippen LogP contribution in [0, 0.1) is 6.92 Å². The standard InChI is InChI=1S/C24H28N6O4S2/c1-15-13-35-24(25-15)36(32,33)14-20-11-21(30-9-10-34-12-16(30)2)29-22(26-20)17-3-5-18(6-4-17)27-23(31)28-19-7-8-19/h3-6,11,13,16,19H,7-10,12,14H2,1-2H3,(H2,27,28,31)/t16-/m0/s1. The topological polar surface area (TPSA) is 126 Å². The molecule has 0 spiro atoms. The molecule has 190 valence electrons. The lowest BCUT2D eigenvalue weighted by Gasteiger charge is -2.34. The predicted molar refractivity (Wildman–Crippen MR) is 138 cm³/mol. The van der Waals surface area contributed by atoms with Gasteiger partial charge in [0.2, 0.25) is 14.2 Å². The van der Waals surface area contributed by atoms with Gasteiger partial charge in [0.25, 0.3) is 0 Å². The smallest absolute Gasteiger partial charge is 0.319 e. The number of amides is 2. The summed E-state index contributed by atoms with van der Waals surface area (Å²) in [6.45, 7) is 5.59. The lowest BCUT2D eigenvalue weighted by molar-refractivity contribution is 0.0985. The molecule has 1 saturated heterocycles. The largest absolute Gasteiger partial charge is 0.377 e. The number of nitrogens with one attached hydrogen (secondary N) is 2. The van der Waals surface area contributed by atoms with Crippen LogP contribution in [0.25, 0.3) is 11.4 Å². The van der Waals surface area contributed by atoms with Gasteiger partial charge in [-0.25, -0.2) is 28.2 Å². The summed E-state index contributed by atoms with van der Waals surface area (Å²) >= 11 is 1.11. The van der Waals surface area contributed by atoms with E-state index in [0.29, 0.717) is 48.5 Å².